The molecule has 4 heteroatoms. The molecule has 1 aromatic rings. The molecule has 0 bridgehead atoms. The molecule has 0 saturated carbocycles. The zero-order valence-corrected chi connectivity index (χ0v) is 9.27. The van der Waals surface area contributed by atoms with Gasteiger partial charge in [-0.05, 0) is 17.7 Å². The molecule has 0 atom stereocenters. The molecule has 15 heavy (non-hydrogen) atoms. The maximum atomic E-state index is 12.4. The first-order chi connectivity index (χ1) is 6.95. The van der Waals surface area contributed by atoms with Gasteiger partial charge in [0.1, 0.15) is 0 Å². The Morgan fingerprint density at radius 2 is 1.93 bits per heavy atom. The second kappa shape index (κ2) is 4.66. The van der Waals surface area contributed by atoms with E-state index in [2.05, 4.69) is 22.5 Å². The van der Waals surface area contributed by atoms with Crippen LogP contribution < -0.4 is 0 Å². The molecule has 0 fully saturated rings. The van der Waals surface area contributed by atoms with Crippen molar-refractivity contribution >= 4 is 22.0 Å². The summed E-state index contributed by atoms with van der Waals surface area (Å²) in [5, 5.41) is 0. The SMILES string of the molecule is C=C/C=C/c1ccc(C(F)(F)F)c(Br)c1. The largest absolute Gasteiger partial charge is 0.417 e. The molecular formula is C11H8BrF3. The summed E-state index contributed by atoms with van der Waals surface area (Å²) < 4.78 is 37.1. The molecule has 0 radical (unpaired) electrons. The lowest BCUT2D eigenvalue weighted by molar-refractivity contribution is -0.138. The van der Waals surface area contributed by atoms with E-state index >= 15 is 0 Å². The van der Waals surface area contributed by atoms with Crippen LogP contribution in [0.15, 0.2) is 41.4 Å². The maximum absolute atomic E-state index is 12.4. The van der Waals surface area contributed by atoms with E-state index in [-0.39, 0.29) is 4.47 Å². The van der Waals surface area contributed by atoms with Crippen molar-refractivity contribution in [1.29, 1.82) is 0 Å². The first kappa shape index (κ1) is 12.0. The summed E-state index contributed by atoms with van der Waals surface area (Å²) in [4.78, 5) is 0. The Bertz CT molecular complexity index is 391. The van der Waals surface area contributed by atoms with E-state index in [1.807, 2.05) is 0 Å². The number of benzene rings is 1. The van der Waals surface area contributed by atoms with Crippen LogP contribution in [-0.4, -0.2) is 0 Å². The second-order valence-corrected chi connectivity index (χ2v) is 3.69. The third-order valence-electron chi connectivity index (χ3n) is 1.72. The summed E-state index contributed by atoms with van der Waals surface area (Å²) in [5.41, 5.74) is 0.0213. The molecule has 0 amide bonds. The fourth-order valence-electron chi connectivity index (χ4n) is 1.04. The Morgan fingerprint density at radius 1 is 1.27 bits per heavy atom. The Hall–Kier alpha value is -1.03. The van der Waals surface area contributed by atoms with Gasteiger partial charge < -0.3 is 0 Å². The van der Waals surface area contributed by atoms with E-state index in [1.165, 1.54) is 12.1 Å². The van der Waals surface area contributed by atoms with Crippen molar-refractivity contribution in [1.82, 2.24) is 0 Å². The van der Waals surface area contributed by atoms with Gasteiger partial charge in [-0.3, -0.25) is 0 Å². The van der Waals surface area contributed by atoms with Crippen molar-refractivity contribution in [2.24, 2.45) is 0 Å². The van der Waals surface area contributed by atoms with Gasteiger partial charge in [-0.15, -0.1) is 0 Å². The van der Waals surface area contributed by atoms with Crippen LogP contribution >= 0.6 is 15.9 Å². The van der Waals surface area contributed by atoms with Gasteiger partial charge in [-0.1, -0.05) is 46.8 Å². The van der Waals surface area contributed by atoms with E-state index in [1.54, 1.807) is 18.2 Å². The monoisotopic (exact) mass is 276 g/mol. The zero-order chi connectivity index (χ0) is 11.5. The van der Waals surface area contributed by atoms with Crippen molar-refractivity contribution in [2.75, 3.05) is 0 Å². The minimum Gasteiger partial charge on any atom is -0.166 e. The molecule has 1 rings (SSSR count). The smallest absolute Gasteiger partial charge is 0.166 e. The summed E-state index contributed by atoms with van der Waals surface area (Å²) in [6.07, 6.45) is 0.581. The Morgan fingerprint density at radius 3 is 2.40 bits per heavy atom. The average molecular weight is 277 g/mol. The summed E-state index contributed by atoms with van der Waals surface area (Å²) in [7, 11) is 0. The summed E-state index contributed by atoms with van der Waals surface area (Å²) >= 11 is 2.90. The summed E-state index contributed by atoms with van der Waals surface area (Å²) in [6.45, 7) is 3.48. The minimum absolute atomic E-state index is 0.0428. The molecule has 0 aliphatic carbocycles. The van der Waals surface area contributed by atoms with E-state index in [0.29, 0.717) is 5.56 Å². The average Bonchev–Trinajstić information content (AvgIpc) is 2.12. The van der Waals surface area contributed by atoms with Gasteiger partial charge in [0.15, 0.2) is 0 Å². The Labute approximate surface area is 94.2 Å². The third kappa shape index (κ3) is 3.23. The normalized spacial score (nSPS) is 12.0. The highest BCUT2D eigenvalue weighted by Crippen LogP contribution is 2.35. The number of allylic oxidation sites excluding steroid dienone is 2. The van der Waals surface area contributed by atoms with Crippen molar-refractivity contribution in [3.05, 3.63) is 52.5 Å². The Kier molecular flexibility index (Phi) is 3.74. The number of rotatable bonds is 2. The zero-order valence-electron chi connectivity index (χ0n) is 7.68. The van der Waals surface area contributed by atoms with Crippen molar-refractivity contribution in [3.63, 3.8) is 0 Å². The molecular weight excluding hydrogens is 269 g/mol. The van der Waals surface area contributed by atoms with Crippen molar-refractivity contribution in [2.45, 2.75) is 6.18 Å². The van der Waals surface area contributed by atoms with E-state index in [9.17, 15) is 13.2 Å². The van der Waals surface area contributed by atoms with Gasteiger partial charge in [0.25, 0.3) is 0 Å². The number of halogens is 4. The number of hydrogen-bond acceptors (Lipinski definition) is 0. The van der Waals surface area contributed by atoms with Crippen LogP contribution in [0.4, 0.5) is 13.2 Å². The van der Waals surface area contributed by atoms with Crippen LogP contribution in [0.5, 0.6) is 0 Å². The third-order valence-corrected chi connectivity index (χ3v) is 2.38. The first-order valence-electron chi connectivity index (χ1n) is 4.11. The lowest BCUT2D eigenvalue weighted by Crippen LogP contribution is -2.05. The predicted molar refractivity (Wildman–Crippen MR) is 58.4 cm³/mol. The second-order valence-electron chi connectivity index (χ2n) is 2.83. The molecule has 0 nitrogen and oxygen atoms in total. The molecule has 0 aliphatic rings. The van der Waals surface area contributed by atoms with E-state index in [4.69, 9.17) is 0 Å². The van der Waals surface area contributed by atoms with Crippen LogP contribution in [-0.2, 0) is 6.18 Å². The van der Waals surface area contributed by atoms with Gasteiger partial charge in [0, 0.05) is 4.47 Å². The first-order valence-corrected chi connectivity index (χ1v) is 4.90. The molecule has 0 unspecified atom stereocenters. The summed E-state index contributed by atoms with van der Waals surface area (Å²) in [5.74, 6) is 0. The molecule has 0 N–H and O–H groups in total. The molecule has 0 heterocycles. The fourth-order valence-corrected chi connectivity index (χ4v) is 1.67. The van der Waals surface area contributed by atoms with Gasteiger partial charge in [-0.25, -0.2) is 0 Å². The highest BCUT2D eigenvalue weighted by molar-refractivity contribution is 9.10. The molecule has 0 spiro atoms. The quantitative estimate of drug-likeness (QED) is 0.689. The Balaban J connectivity index is 3.09. The van der Waals surface area contributed by atoms with Gasteiger partial charge in [0.05, 0.1) is 5.56 Å². The van der Waals surface area contributed by atoms with Crippen LogP contribution in [0.25, 0.3) is 6.08 Å². The fraction of sp³-hybridized carbons (Fsp3) is 0.0909. The van der Waals surface area contributed by atoms with E-state index < -0.39 is 11.7 Å². The molecule has 0 saturated heterocycles. The molecule has 0 aromatic heterocycles. The van der Waals surface area contributed by atoms with Gasteiger partial charge in [0.2, 0.25) is 0 Å². The lowest BCUT2D eigenvalue weighted by atomic mass is 10.1. The topological polar surface area (TPSA) is 0 Å². The molecule has 0 aliphatic heterocycles. The van der Waals surface area contributed by atoms with Gasteiger partial charge >= 0.3 is 6.18 Å². The number of alkyl halides is 3. The molecule has 80 valence electrons. The molecule has 1 aromatic carbocycles. The van der Waals surface area contributed by atoms with E-state index in [0.717, 1.165) is 6.07 Å². The maximum Gasteiger partial charge on any atom is 0.417 e. The van der Waals surface area contributed by atoms with Crippen LogP contribution in [0.3, 0.4) is 0 Å². The van der Waals surface area contributed by atoms with Crippen molar-refractivity contribution in [3.8, 4) is 0 Å². The van der Waals surface area contributed by atoms with Crippen molar-refractivity contribution < 1.29 is 13.2 Å². The van der Waals surface area contributed by atoms with Crippen LogP contribution in [0.1, 0.15) is 11.1 Å². The highest BCUT2D eigenvalue weighted by Gasteiger charge is 2.32. The number of hydrogen-bond donors (Lipinski definition) is 0. The standard InChI is InChI=1S/C11H8BrF3/c1-2-3-4-8-5-6-9(10(12)7-8)11(13,14)15/h2-7H,1H2/b4-3+. The predicted octanol–water partition coefficient (Wildman–Crippen LogP) is 4.67. The van der Waals surface area contributed by atoms with Crippen LogP contribution in [0.2, 0.25) is 0 Å². The van der Waals surface area contributed by atoms with Gasteiger partial charge in [-0.2, -0.15) is 13.2 Å². The minimum atomic E-state index is -4.32. The summed E-state index contributed by atoms with van der Waals surface area (Å²) in [6, 6.07) is 3.88. The van der Waals surface area contributed by atoms with Crippen LogP contribution in [0, 0.1) is 0 Å². The lowest BCUT2D eigenvalue weighted by Gasteiger charge is -2.09. The highest BCUT2D eigenvalue weighted by atomic mass is 79.9.